The number of nitrogens with zero attached hydrogens (tertiary/aromatic N) is 3. The maximum absolute atomic E-state index is 10.7. The van der Waals surface area contributed by atoms with Gasteiger partial charge >= 0.3 is 5.97 Å². The Bertz CT molecular complexity index is 391. The molecular weight excluding hydrogens is 222 g/mol. The molecule has 1 atom stereocenters. The largest absolute Gasteiger partial charge is 0.478 e. The molecule has 0 spiro atoms. The molecular formula is C11H17N3O3. The Morgan fingerprint density at radius 1 is 1.71 bits per heavy atom. The van der Waals surface area contributed by atoms with Crippen LogP contribution in [0.5, 0.6) is 0 Å². The van der Waals surface area contributed by atoms with Crippen molar-refractivity contribution in [2.75, 3.05) is 26.2 Å². The quantitative estimate of drug-likeness (QED) is 0.818. The Hall–Kier alpha value is -1.40. The van der Waals surface area contributed by atoms with Crippen LogP contribution in [0.3, 0.4) is 0 Å². The molecule has 0 amide bonds. The second-order valence-electron chi connectivity index (χ2n) is 4.14. The van der Waals surface area contributed by atoms with Crippen molar-refractivity contribution in [3.63, 3.8) is 0 Å². The molecule has 17 heavy (non-hydrogen) atoms. The van der Waals surface area contributed by atoms with E-state index in [9.17, 15) is 4.79 Å². The van der Waals surface area contributed by atoms with Gasteiger partial charge in [-0.3, -0.25) is 9.58 Å². The molecule has 1 fully saturated rings. The van der Waals surface area contributed by atoms with Crippen molar-refractivity contribution in [3.8, 4) is 0 Å². The number of morpholine rings is 1. The van der Waals surface area contributed by atoms with E-state index in [4.69, 9.17) is 9.84 Å². The first kappa shape index (κ1) is 12.1. The number of carboxylic acids is 1. The lowest BCUT2D eigenvalue weighted by atomic mass is 10.2. The number of carbonyl (C=O) groups is 1. The fraction of sp³-hybridized carbons (Fsp3) is 0.636. The minimum atomic E-state index is -0.948. The zero-order valence-electron chi connectivity index (χ0n) is 9.87. The molecule has 0 aromatic carbocycles. The van der Waals surface area contributed by atoms with Crippen LogP contribution >= 0.6 is 0 Å². The summed E-state index contributed by atoms with van der Waals surface area (Å²) in [5.41, 5.74) is 0.216. The summed E-state index contributed by atoms with van der Waals surface area (Å²) in [7, 11) is 0. The molecule has 6 heteroatoms. The summed E-state index contributed by atoms with van der Waals surface area (Å²) in [4.78, 5) is 13.0. The molecule has 1 aliphatic rings. The lowest BCUT2D eigenvalue weighted by molar-refractivity contribution is -0.0358. The summed E-state index contributed by atoms with van der Waals surface area (Å²) in [6.07, 6.45) is 2.99. The van der Waals surface area contributed by atoms with Crippen LogP contribution in [0.4, 0.5) is 0 Å². The summed E-state index contributed by atoms with van der Waals surface area (Å²) in [6, 6.07) is 0. The third kappa shape index (κ3) is 3.04. The van der Waals surface area contributed by atoms with Gasteiger partial charge in [-0.05, 0) is 6.54 Å². The molecule has 1 aliphatic heterocycles. The maximum atomic E-state index is 10.7. The minimum absolute atomic E-state index is 0.0882. The number of likely N-dealkylation sites (N-methyl/N-ethyl adjacent to an activating group) is 1. The normalized spacial score (nSPS) is 21.6. The smallest absolute Gasteiger partial charge is 0.338 e. The van der Waals surface area contributed by atoms with Gasteiger partial charge in [0.2, 0.25) is 0 Å². The summed E-state index contributed by atoms with van der Waals surface area (Å²) in [5, 5.41) is 12.8. The number of rotatable bonds is 4. The van der Waals surface area contributed by atoms with Crippen LogP contribution in [0.25, 0.3) is 0 Å². The highest BCUT2D eigenvalue weighted by molar-refractivity contribution is 5.86. The molecule has 0 bridgehead atoms. The fourth-order valence-corrected chi connectivity index (χ4v) is 1.96. The average molecular weight is 239 g/mol. The summed E-state index contributed by atoms with van der Waals surface area (Å²) >= 11 is 0. The van der Waals surface area contributed by atoms with E-state index in [-0.39, 0.29) is 11.7 Å². The standard InChI is InChI=1S/C11H17N3O3/c1-2-13-3-4-17-10(7-13)8-14-6-9(5-12-14)11(15)16/h5-6,10H,2-4,7-8H2,1H3,(H,15,16). The van der Waals surface area contributed by atoms with E-state index in [0.717, 1.165) is 26.2 Å². The highest BCUT2D eigenvalue weighted by Crippen LogP contribution is 2.07. The van der Waals surface area contributed by atoms with E-state index in [1.54, 1.807) is 4.68 Å². The van der Waals surface area contributed by atoms with Gasteiger partial charge < -0.3 is 9.84 Å². The molecule has 1 unspecified atom stereocenters. The predicted octanol–water partition coefficient (Wildman–Crippen LogP) is 0.302. The van der Waals surface area contributed by atoms with Crippen LogP contribution in [0.15, 0.2) is 12.4 Å². The average Bonchev–Trinajstić information content (AvgIpc) is 2.78. The third-order valence-corrected chi connectivity index (χ3v) is 2.94. The zero-order valence-corrected chi connectivity index (χ0v) is 9.87. The Kier molecular flexibility index (Phi) is 3.75. The monoisotopic (exact) mass is 239 g/mol. The van der Waals surface area contributed by atoms with Crippen LogP contribution in [-0.2, 0) is 11.3 Å². The van der Waals surface area contributed by atoms with Gasteiger partial charge in [0.15, 0.2) is 0 Å². The van der Waals surface area contributed by atoms with E-state index in [1.165, 1.54) is 12.4 Å². The zero-order chi connectivity index (χ0) is 12.3. The molecule has 1 aromatic heterocycles. The molecule has 0 radical (unpaired) electrons. The van der Waals surface area contributed by atoms with Crippen molar-refractivity contribution in [1.29, 1.82) is 0 Å². The van der Waals surface area contributed by atoms with Gasteiger partial charge in [0.25, 0.3) is 0 Å². The SMILES string of the molecule is CCN1CCOC(Cn2cc(C(=O)O)cn2)C1. The summed E-state index contributed by atoms with van der Waals surface area (Å²) in [5.74, 6) is -0.948. The van der Waals surface area contributed by atoms with Gasteiger partial charge in [0.05, 0.1) is 31.0 Å². The number of aromatic nitrogens is 2. The first-order valence-corrected chi connectivity index (χ1v) is 5.78. The van der Waals surface area contributed by atoms with Gasteiger partial charge in [0, 0.05) is 19.3 Å². The van der Waals surface area contributed by atoms with Crippen molar-refractivity contribution >= 4 is 5.97 Å². The topological polar surface area (TPSA) is 67.6 Å². The second kappa shape index (κ2) is 5.29. The highest BCUT2D eigenvalue weighted by Gasteiger charge is 2.20. The van der Waals surface area contributed by atoms with Gasteiger partial charge in [-0.15, -0.1) is 0 Å². The van der Waals surface area contributed by atoms with Gasteiger partial charge in [-0.25, -0.2) is 4.79 Å². The maximum Gasteiger partial charge on any atom is 0.338 e. The molecule has 6 nitrogen and oxygen atoms in total. The summed E-state index contributed by atoms with van der Waals surface area (Å²) < 4.78 is 7.27. The minimum Gasteiger partial charge on any atom is -0.478 e. The van der Waals surface area contributed by atoms with Gasteiger partial charge in [-0.2, -0.15) is 5.10 Å². The van der Waals surface area contributed by atoms with Crippen molar-refractivity contribution in [3.05, 3.63) is 18.0 Å². The number of ether oxygens (including phenoxy) is 1. The second-order valence-corrected chi connectivity index (χ2v) is 4.14. The molecule has 1 saturated heterocycles. The lowest BCUT2D eigenvalue weighted by Crippen LogP contribution is -2.44. The Balaban J connectivity index is 1.93. The van der Waals surface area contributed by atoms with Gasteiger partial charge in [0.1, 0.15) is 0 Å². The number of hydrogen-bond donors (Lipinski definition) is 1. The highest BCUT2D eigenvalue weighted by atomic mass is 16.5. The van der Waals surface area contributed by atoms with Crippen LogP contribution in [0.1, 0.15) is 17.3 Å². The molecule has 0 saturated carbocycles. The molecule has 0 aliphatic carbocycles. The van der Waals surface area contributed by atoms with E-state index >= 15 is 0 Å². The molecule has 2 rings (SSSR count). The van der Waals surface area contributed by atoms with Crippen molar-refractivity contribution < 1.29 is 14.6 Å². The Labute approximate surface area is 99.8 Å². The number of hydrogen-bond acceptors (Lipinski definition) is 4. The molecule has 2 heterocycles. The van der Waals surface area contributed by atoms with Crippen LogP contribution in [-0.4, -0.2) is 58.1 Å². The third-order valence-electron chi connectivity index (χ3n) is 2.94. The van der Waals surface area contributed by atoms with Crippen LogP contribution in [0, 0.1) is 0 Å². The van der Waals surface area contributed by atoms with Crippen LogP contribution in [0.2, 0.25) is 0 Å². The van der Waals surface area contributed by atoms with Crippen molar-refractivity contribution in [1.82, 2.24) is 14.7 Å². The summed E-state index contributed by atoms with van der Waals surface area (Å²) in [6.45, 7) is 6.30. The van der Waals surface area contributed by atoms with Crippen molar-refractivity contribution in [2.45, 2.75) is 19.6 Å². The number of carboxylic acid groups (broad SMARTS) is 1. The lowest BCUT2D eigenvalue weighted by Gasteiger charge is -2.31. The number of aromatic carboxylic acids is 1. The van der Waals surface area contributed by atoms with Crippen LogP contribution < -0.4 is 0 Å². The van der Waals surface area contributed by atoms with Gasteiger partial charge in [-0.1, -0.05) is 6.92 Å². The van der Waals surface area contributed by atoms with E-state index in [0.29, 0.717) is 6.54 Å². The molecule has 1 N–H and O–H groups in total. The first-order chi connectivity index (χ1) is 8.19. The molecule has 1 aromatic rings. The van der Waals surface area contributed by atoms with E-state index in [2.05, 4.69) is 16.9 Å². The van der Waals surface area contributed by atoms with Crippen molar-refractivity contribution in [2.24, 2.45) is 0 Å². The van der Waals surface area contributed by atoms with E-state index < -0.39 is 5.97 Å². The fourth-order valence-electron chi connectivity index (χ4n) is 1.96. The Morgan fingerprint density at radius 2 is 2.53 bits per heavy atom. The first-order valence-electron chi connectivity index (χ1n) is 5.78. The predicted molar refractivity (Wildman–Crippen MR) is 61.0 cm³/mol. The Morgan fingerprint density at radius 3 is 3.18 bits per heavy atom. The van der Waals surface area contributed by atoms with E-state index in [1.807, 2.05) is 0 Å². The molecule has 94 valence electrons.